The minimum absolute atomic E-state index is 0.262. The summed E-state index contributed by atoms with van der Waals surface area (Å²) in [5.41, 5.74) is 2.07. The molecule has 0 amide bonds. The fraction of sp³-hybridized carbons (Fsp3) is 0. The topological polar surface area (TPSA) is 25.8 Å². The molecule has 0 atom stereocenters. The maximum absolute atomic E-state index is 13.9. The van der Waals surface area contributed by atoms with E-state index in [1.807, 2.05) is 18.2 Å². The summed E-state index contributed by atoms with van der Waals surface area (Å²) in [5, 5.41) is 0.931. The van der Waals surface area contributed by atoms with Crippen LogP contribution in [0.2, 0.25) is 0 Å². The Hall–Kier alpha value is -2.29. The molecule has 3 rings (SSSR count). The van der Waals surface area contributed by atoms with Gasteiger partial charge >= 0.3 is 0 Å². The van der Waals surface area contributed by atoms with E-state index in [1.165, 1.54) is 6.07 Å². The molecule has 3 heteroatoms. The van der Waals surface area contributed by atoms with Gasteiger partial charge < -0.3 is 0 Å². The number of fused-ring (bicyclic) bond motifs is 1. The summed E-state index contributed by atoms with van der Waals surface area (Å²) in [6.45, 7) is 0. The minimum atomic E-state index is -0.262. The number of aromatic nitrogens is 2. The van der Waals surface area contributed by atoms with E-state index in [1.54, 1.807) is 30.7 Å². The molecule has 0 spiro atoms. The lowest BCUT2D eigenvalue weighted by atomic mass is 10.0. The SMILES string of the molecule is Fc1cc2ncccc2cc1-c1ccncc1. The zero-order valence-electron chi connectivity index (χ0n) is 8.97. The van der Waals surface area contributed by atoms with E-state index in [2.05, 4.69) is 9.97 Å². The molecule has 0 aliphatic heterocycles. The van der Waals surface area contributed by atoms with Crippen molar-refractivity contribution in [1.29, 1.82) is 0 Å². The molecule has 0 fully saturated rings. The molecule has 82 valence electrons. The molecule has 0 N–H and O–H groups in total. The Morgan fingerprint density at radius 1 is 0.941 bits per heavy atom. The van der Waals surface area contributed by atoms with Crippen molar-refractivity contribution >= 4 is 10.9 Å². The van der Waals surface area contributed by atoms with Crippen molar-refractivity contribution in [3.8, 4) is 11.1 Å². The number of hydrogen-bond donors (Lipinski definition) is 0. The number of halogens is 1. The number of pyridine rings is 2. The molecule has 0 aliphatic rings. The molecule has 17 heavy (non-hydrogen) atoms. The first-order valence-electron chi connectivity index (χ1n) is 5.29. The number of benzene rings is 1. The first kappa shape index (κ1) is 9.90. The van der Waals surface area contributed by atoms with Crippen LogP contribution in [0.15, 0.2) is 55.0 Å². The Bertz CT molecular complexity index is 665. The van der Waals surface area contributed by atoms with Gasteiger partial charge in [0.05, 0.1) is 5.52 Å². The van der Waals surface area contributed by atoms with E-state index >= 15 is 0 Å². The van der Waals surface area contributed by atoms with Gasteiger partial charge in [-0.05, 0) is 29.8 Å². The van der Waals surface area contributed by atoms with E-state index in [0.717, 1.165) is 10.9 Å². The summed E-state index contributed by atoms with van der Waals surface area (Å²) in [6.07, 6.45) is 4.97. The van der Waals surface area contributed by atoms with E-state index in [4.69, 9.17) is 0 Å². The lowest BCUT2D eigenvalue weighted by Gasteiger charge is -2.05. The van der Waals surface area contributed by atoms with Crippen LogP contribution in [0.5, 0.6) is 0 Å². The molecule has 2 heterocycles. The second-order valence-electron chi connectivity index (χ2n) is 3.76. The van der Waals surface area contributed by atoms with Crippen LogP contribution in [0.3, 0.4) is 0 Å². The smallest absolute Gasteiger partial charge is 0.133 e. The molecule has 0 saturated heterocycles. The van der Waals surface area contributed by atoms with Crippen molar-refractivity contribution in [2.75, 3.05) is 0 Å². The molecule has 0 saturated carbocycles. The number of hydrogen-bond acceptors (Lipinski definition) is 2. The van der Waals surface area contributed by atoms with Gasteiger partial charge in [-0.3, -0.25) is 9.97 Å². The fourth-order valence-corrected chi connectivity index (χ4v) is 1.85. The van der Waals surface area contributed by atoms with Gasteiger partial charge in [0.1, 0.15) is 5.82 Å². The highest BCUT2D eigenvalue weighted by atomic mass is 19.1. The molecular formula is C14H9FN2. The first-order valence-corrected chi connectivity index (χ1v) is 5.29. The molecular weight excluding hydrogens is 215 g/mol. The van der Waals surface area contributed by atoms with Crippen LogP contribution in [0.1, 0.15) is 0 Å². The summed E-state index contributed by atoms with van der Waals surface area (Å²) >= 11 is 0. The predicted octanol–water partition coefficient (Wildman–Crippen LogP) is 3.44. The minimum Gasteiger partial charge on any atom is -0.265 e. The molecule has 2 aromatic heterocycles. The van der Waals surface area contributed by atoms with Crippen LogP contribution < -0.4 is 0 Å². The zero-order valence-corrected chi connectivity index (χ0v) is 8.97. The van der Waals surface area contributed by atoms with Crippen molar-refractivity contribution < 1.29 is 4.39 Å². The van der Waals surface area contributed by atoms with E-state index in [0.29, 0.717) is 11.1 Å². The normalized spacial score (nSPS) is 10.6. The van der Waals surface area contributed by atoms with Crippen LogP contribution in [0.4, 0.5) is 4.39 Å². The Labute approximate surface area is 97.8 Å². The van der Waals surface area contributed by atoms with E-state index < -0.39 is 0 Å². The molecule has 0 bridgehead atoms. The molecule has 3 aromatic rings. The Morgan fingerprint density at radius 3 is 2.59 bits per heavy atom. The molecule has 0 unspecified atom stereocenters. The van der Waals surface area contributed by atoms with Gasteiger partial charge in [0.15, 0.2) is 0 Å². The summed E-state index contributed by atoms with van der Waals surface area (Å²) in [6, 6.07) is 10.6. The van der Waals surface area contributed by atoms with Gasteiger partial charge in [0, 0.05) is 35.6 Å². The van der Waals surface area contributed by atoms with Gasteiger partial charge in [0.25, 0.3) is 0 Å². The average molecular weight is 224 g/mol. The maximum Gasteiger partial charge on any atom is 0.133 e. The third-order valence-electron chi connectivity index (χ3n) is 2.68. The van der Waals surface area contributed by atoms with Gasteiger partial charge in [0.2, 0.25) is 0 Å². The van der Waals surface area contributed by atoms with Crippen LogP contribution in [0.25, 0.3) is 22.0 Å². The lowest BCUT2D eigenvalue weighted by molar-refractivity contribution is 0.633. The van der Waals surface area contributed by atoms with E-state index in [9.17, 15) is 4.39 Å². The van der Waals surface area contributed by atoms with Crippen molar-refractivity contribution in [1.82, 2.24) is 9.97 Å². The Kier molecular flexibility index (Phi) is 2.29. The molecule has 0 aliphatic carbocycles. The van der Waals surface area contributed by atoms with Gasteiger partial charge in [-0.1, -0.05) is 6.07 Å². The first-order chi connectivity index (χ1) is 8.34. The number of nitrogens with zero attached hydrogens (tertiary/aromatic N) is 2. The van der Waals surface area contributed by atoms with Gasteiger partial charge in [-0.2, -0.15) is 0 Å². The van der Waals surface area contributed by atoms with Gasteiger partial charge in [-0.25, -0.2) is 4.39 Å². The van der Waals surface area contributed by atoms with Crippen LogP contribution in [-0.4, -0.2) is 9.97 Å². The second kappa shape index (κ2) is 3.94. The highest BCUT2D eigenvalue weighted by Gasteiger charge is 2.07. The van der Waals surface area contributed by atoms with Crippen LogP contribution in [-0.2, 0) is 0 Å². The largest absolute Gasteiger partial charge is 0.265 e. The standard InChI is InChI=1S/C14H9FN2/c15-13-9-14-11(2-1-5-17-14)8-12(13)10-3-6-16-7-4-10/h1-9H. The van der Waals surface area contributed by atoms with Crippen molar-refractivity contribution in [3.63, 3.8) is 0 Å². The quantitative estimate of drug-likeness (QED) is 0.632. The summed E-state index contributed by atoms with van der Waals surface area (Å²) in [7, 11) is 0. The number of rotatable bonds is 1. The molecule has 0 radical (unpaired) electrons. The summed E-state index contributed by atoms with van der Waals surface area (Å²) in [5.74, 6) is -0.262. The summed E-state index contributed by atoms with van der Waals surface area (Å²) in [4.78, 5) is 8.05. The third-order valence-corrected chi connectivity index (χ3v) is 2.68. The Balaban J connectivity index is 2.27. The van der Waals surface area contributed by atoms with E-state index in [-0.39, 0.29) is 5.82 Å². The van der Waals surface area contributed by atoms with Gasteiger partial charge in [-0.15, -0.1) is 0 Å². The highest BCUT2D eigenvalue weighted by Crippen LogP contribution is 2.26. The fourth-order valence-electron chi connectivity index (χ4n) is 1.85. The third kappa shape index (κ3) is 1.76. The monoisotopic (exact) mass is 224 g/mol. The molecule has 1 aromatic carbocycles. The van der Waals surface area contributed by atoms with Crippen molar-refractivity contribution in [2.45, 2.75) is 0 Å². The van der Waals surface area contributed by atoms with Crippen molar-refractivity contribution in [2.24, 2.45) is 0 Å². The zero-order chi connectivity index (χ0) is 11.7. The lowest BCUT2D eigenvalue weighted by Crippen LogP contribution is -1.87. The van der Waals surface area contributed by atoms with Crippen LogP contribution in [0, 0.1) is 5.82 Å². The summed E-state index contributed by atoms with van der Waals surface area (Å²) < 4.78 is 13.9. The molecule has 2 nitrogen and oxygen atoms in total. The second-order valence-corrected chi connectivity index (χ2v) is 3.76. The van der Waals surface area contributed by atoms with Crippen molar-refractivity contribution in [3.05, 3.63) is 60.8 Å². The highest BCUT2D eigenvalue weighted by molar-refractivity contribution is 5.84. The Morgan fingerprint density at radius 2 is 1.76 bits per heavy atom. The maximum atomic E-state index is 13.9. The average Bonchev–Trinajstić information content (AvgIpc) is 2.39. The predicted molar refractivity (Wildman–Crippen MR) is 64.9 cm³/mol. The van der Waals surface area contributed by atoms with Crippen LogP contribution >= 0.6 is 0 Å².